The molecule has 1 fully saturated rings. The van der Waals surface area contributed by atoms with E-state index in [2.05, 4.69) is 10.5 Å². The summed E-state index contributed by atoms with van der Waals surface area (Å²) in [5.41, 5.74) is 2.91. The van der Waals surface area contributed by atoms with E-state index < -0.39 is 36.1 Å². The first kappa shape index (κ1) is 17.4. The fourth-order valence-electron chi connectivity index (χ4n) is 2.83. The fourth-order valence-corrected chi connectivity index (χ4v) is 2.83. The maximum Gasteiger partial charge on any atom is 0.351 e. The predicted molar refractivity (Wildman–Crippen MR) is 82.5 cm³/mol. The Kier molecular flexibility index (Phi) is 5.00. The molecule has 2 aliphatic heterocycles. The smallest absolute Gasteiger partial charge is 0.351 e. The minimum absolute atomic E-state index is 0.0632. The maximum absolute atomic E-state index is 12.3. The second-order valence-electron chi connectivity index (χ2n) is 5.82. The van der Waals surface area contributed by atoms with Gasteiger partial charge in [-0.3, -0.25) is 19.0 Å². The topological polar surface area (TPSA) is 118 Å². The molecule has 0 bridgehead atoms. The minimum Gasteiger partial charge on any atom is -0.463 e. The van der Waals surface area contributed by atoms with Crippen molar-refractivity contribution in [1.82, 2.24) is 9.55 Å². The lowest BCUT2D eigenvalue weighted by molar-refractivity contribution is -0.155. The molecule has 0 amide bonds. The van der Waals surface area contributed by atoms with E-state index in [1.54, 1.807) is 6.20 Å². The van der Waals surface area contributed by atoms with Crippen molar-refractivity contribution >= 4 is 17.8 Å². The highest BCUT2D eigenvalue weighted by Crippen LogP contribution is 2.31. The Bertz CT molecular complexity index is 732. The molecule has 10 heteroatoms. The Morgan fingerprint density at radius 3 is 2.92 bits per heavy atom. The van der Waals surface area contributed by atoms with Gasteiger partial charge in [0.1, 0.15) is 25.0 Å². The normalized spacial score (nSPS) is 25.0. The first-order valence-corrected chi connectivity index (χ1v) is 7.90. The number of carbonyl (C=O) groups is 2. The second kappa shape index (κ2) is 7.19. The van der Waals surface area contributed by atoms with Gasteiger partial charge < -0.3 is 14.2 Å². The van der Waals surface area contributed by atoms with Crippen molar-refractivity contribution in [1.29, 1.82) is 0 Å². The molecule has 2 aliphatic rings. The highest BCUT2D eigenvalue weighted by atomic mass is 16.6. The number of hydrogen-bond acceptors (Lipinski definition) is 9. The molecule has 1 saturated heterocycles. The molecule has 0 unspecified atom stereocenters. The SMILES string of the molecule is CC(=O)OC[C@H]1O[C@@H](n2cc3c(nc2=O)NOCC3)C[C@@H]1OC(C)=O. The molecule has 3 heterocycles. The average Bonchev–Trinajstić information content (AvgIpc) is 2.94. The predicted octanol–water partition coefficient (Wildman–Crippen LogP) is -0.0748. The van der Waals surface area contributed by atoms with Crippen molar-refractivity contribution < 1.29 is 28.6 Å². The molecule has 0 radical (unpaired) electrons. The van der Waals surface area contributed by atoms with E-state index in [0.29, 0.717) is 18.8 Å². The number of ether oxygens (including phenoxy) is 3. The molecule has 0 aliphatic carbocycles. The molecule has 0 saturated carbocycles. The lowest BCUT2D eigenvalue weighted by Crippen LogP contribution is -2.31. The van der Waals surface area contributed by atoms with Crippen molar-refractivity contribution in [3.63, 3.8) is 0 Å². The number of esters is 2. The first-order chi connectivity index (χ1) is 11.9. The summed E-state index contributed by atoms with van der Waals surface area (Å²) >= 11 is 0. The molecule has 136 valence electrons. The van der Waals surface area contributed by atoms with Crippen LogP contribution in [0.5, 0.6) is 0 Å². The van der Waals surface area contributed by atoms with Crippen LogP contribution in [0.3, 0.4) is 0 Å². The van der Waals surface area contributed by atoms with Crippen LogP contribution in [0.25, 0.3) is 0 Å². The van der Waals surface area contributed by atoms with Crippen LogP contribution < -0.4 is 11.2 Å². The summed E-state index contributed by atoms with van der Waals surface area (Å²) in [6.45, 7) is 2.96. The van der Waals surface area contributed by atoms with E-state index in [1.165, 1.54) is 18.4 Å². The van der Waals surface area contributed by atoms with Gasteiger partial charge in [-0.25, -0.2) is 10.3 Å². The van der Waals surface area contributed by atoms with E-state index in [-0.39, 0.29) is 13.0 Å². The Morgan fingerprint density at radius 2 is 2.20 bits per heavy atom. The molecule has 1 aromatic rings. The molecule has 1 aromatic heterocycles. The number of rotatable bonds is 4. The van der Waals surface area contributed by atoms with Crippen LogP contribution in [0.1, 0.15) is 32.1 Å². The van der Waals surface area contributed by atoms with Crippen molar-refractivity contribution in [3.8, 4) is 0 Å². The molecule has 10 nitrogen and oxygen atoms in total. The summed E-state index contributed by atoms with van der Waals surface area (Å²) in [5, 5.41) is 0. The monoisotopic (exact) mass is 353 g/mol. The number of fused-ring (bicyclic) bond motifs is 1. The Balaban J connectivity index is 1.81. The van der Waals surface area contributed by atoms with Crippen LogP contribution in [-0.4, -0.2) is 46.9 Å². The second-order valence-corrected chi connectivity index (χ2v) is 5.82. The Morgan fingerprint density at radius 1 is 1.40 bits per heavy atom. The molecule has 1 N–H and O–H groups in total. The molecule has 0 spiro atoms. The van der Waals surface area contributed by atoms with Crippen molar-refractivity contribution in [2.45, 2.75) is 45.1 Å². The maximum atomic E-state index is 12.3. The quantitative estimate of drug-likeness (QED) is 0.742. The molecular weight excluding hydrogens is 334 g/mol. The summed E-state index contributed by atoms with van der Waals surface area (Å²) in [5.74, 6) is -0.551. The van der Waals surface area contributed by atoms with Gasteiger partial charge in [0, 0.05) is 38.4 Å². The van der Waals surface area contributed by atoms with Gasteiger partial charge in [0.15, 0.2) is 5.82 Å². The Hall–Kier alpha value is -2.46. The number of nitrogens with zero attached hydrogens (tertiary/aromatic N) is 2. The highest BCUT2D eigenvalue weighted by Gasteiger charge is 2.40. The number of carbonyl (C=O) groups excluding carboxylic acids is 2. The van der Waals surface area contributed by atoms with Gasteiger partial charge in [-0.05, 0) is 0 Å². The van der Waals surface area contributed by atoms with Crippen LogP contribution in [0.4, 0.5) is 5.82 Å². The van der Waals surface area contributed by atoms with Gasteiger partial charge in [0.2, 0.25) is 0 Å². The van der Waals surface area contributed by atoms with Gasteiger partial charge in [-0.15, -0.1) is 0 Å². The third-order valence-corrected chi connectivity index (χ3v) is 3.93. The lowest BCUT2D eigenvalue weighted by Gasteiger charge is -2.20. The number of nitrogens with one attached hydrogen (secondary N) is 1. The number of aromatic nitrogens is 2. The first-order valence-electron chi connectivity index (χ1n) is 7.90. The minimum atomic E-state index is -0.668. The van der Waals surface area contributed by atoms with E-state index in [9.17, 15) is 14.4 Å². The van der Waals surface area contributed by atoms with Gasteiger partial charge in [-0.2, -0.15) is 4.98 Å². The summed E-state index contributed by atoms with van der Waals surface area (Å²) in [6, 6.07) is 0. The summed E-state index contributed by atoms with van der Waals surface area (Å²) in [6.07, 6.45) is 0.582. The van der Waals surface area contributed by atoms with E-state index in [4.69, 9.17) is 19.0 Å². The standard InChI is InChI=1S/C15H19N3O7/c1-8(19)22-7-12-11(24-9(2)20)5-13(25-12)18-6-10-3-4-23-17-14(10)16-15(18)21/h6,11-13H,3-5,7H2,1-2H3,(H,16,17,21)/t11-,12+,13+/m0/s1. The van der Waals surface area contributed by atoms with E-state index in [1.807, 2.05) is 0 Å². The number of anilines is 1. The summed E-state index contributed by atoms with van der Waals surface area (Å²) < 4.78 is 17.4. The highest BCUT2D eigenvalue weighted by molar-refractivity contribution is 5.66. The zero-order valence-corrected chi connectivity index (χ0v) is 13.9. The number of hydrogen-bond donors (Lipinski definition) is 1. The summed E-state index contributed by atoms with van der Waals surface area (Å²) in [4.78, 5) is 43.6. The van der Waals surface area contributed by atoms with Gasteiger partial charge in [-0.1, -0.05) is 0 Å². The van der Waals surface area contributed by atoms with Crippen molar-refractivity contribution in [3.05, 3.63) is 22.2 Å². The van der Waals surface area contributed by atoms with E-state index in [0.717, 1.165) is 5.56 Å². The van der Waals surface area contributed by atoms with Crippen LogP contribution in [0.15, 0.2) is 11.0 Å². The van der Waals surface area contributed by atoms with Crippen LogP contribution >= 0.6 is 0 Å². The molecule has 25 heavy (non-hydrogen) atoms. The zero-order valence-electron chi connectivity index (χ0n) is 13.9. The average molecular weight is 353 g/mol. The van der Waals surface area contributed by atoms with Gasteiger partial charge in [0.25, 0.3) is 0 Å². The Labute approximate surface area is 143 Å². The van der Waals surface area contributed by atoms with Crippen molar-refractivity contribution in [2.75, 3.05) is 18.7 Å². The van der Waals surface area contributed by atoms with Gasteiger partial charge >= 0.3 is 17.6 Å². The third kappa shape index (κ3) is 3.97. The fraction of sp³-hybridized carbons (Fsp3) is 0.600. The van der Waals surface area contributed by atoms with E-state index >= 15 is 0 Å². The largest absolute Gasteiger partial charge is 0.463 e. The lowest BCUT2D eigenvalue weighted by atomic mass is 10.1. The summed E-state index contributed by atoms with van der Waals surface area (Å²) in [7, 11) is 0. The third-order valence-electron chi connectivity index (χ3n) is 3.93. The molecular formula is C15H19N3O7. The molecule has 0 aromatic carbocycles. The molecule has 3 rings (SSSR count). The molecule has 3 atom stereocenters. The van der Waals surface area contributed by atoms with Crippen LogP contribution in [0.2, 0.25) is 0 Å². The zero-order chi connectivity index (χ0) is 18.0. The van der Waals surface area contributed by atoms with Crippen molar-refractivity contribution in [2.24, 2.45) is 0 Å². The van der Waals surface area contributed by atoms with Crippen LogP contribution in [-0.2, 0) is 35.1 Å². The van der Waals surface area contributed by atoms with Gasteiger partial charge in [0.05, 0.1) is 6.61 Å². The van der Waals surface area contributed by atoms with Crippen LogP contribution in [0, 0.1) is 0 Å².